The first-order chi connectivity index (χ1) is 8.56. The summed E-state index contributed by atoms with van der Waals surface area (Å²) in [6.45, 7) is 4.19. The van der Waals surface area contributed by atoms with Gasteiger partial charge in [-0.25, -0.2) is 0 Å². The number of carbonyl (C=O) groups excluding carboxylic acids is 2. The molecule has 1 saturated heterocycles. The molecule has 1 heterocycles. The van der Waals surface area contributed by atoms with Crippen molar-refractivity contribution in [2.24, 2.45) is 0 Å². The molecule has 0 bridgehead atoms. The first-order valence-corrected chi connectivity index (χ1v) is 6.36. The summed E-state index contributed by atoms with van der Waals surface area (Å²) in [5, 5.41) is 8.50. The van der Waals surface area contributed by atoms with Crippen LogP contribution in [0.1, 0.15) is 32.6 Å². The van der Waals surface area contributed by atoms with Crippen molar-refractivity contribution in [2.45, 2.75) is 32.6 Å². The van der Waals surface area contributed by atoms with Crippen molar-refractivity contribution in [3.63, 3.8) is 0 Å². The van der Waals surface area contributed by atoms with Crippen LogP contribution >= 0.6 is 0 Å². The largest absolute Gasteiger partial charge is 0.481 e. The number of amides is 2. The summed E-state index contributed by atoms with van der Waals surface area (Å²) in [6, 6.07) is 0. The maximum Gasteiger partial charge on any atom is 0.312 e. The van der Waals surface area contributed by atoms with Crippen molar-refractivity contribution in [3.05, 3.63) is 0 Å². The van der Waals surface area contributed by atoms with E-state index in [2.05, 4.69) is 0 Å². The van der Waals surface area contributed by atoms with Gasteiger partial charge in [0.15, 0.2) is 0 Å². The Kier molecular flexibility index (Phi) is 5.61. The third-order valence-electron chi connectivity index (χ3n) is 2.96. The first kappa shape index (κ1) is 14.5. The number of hydrogen-bond donors (Lipinski definition) is 1. The molecule has 0 spiro atoms. The van der Waals surface area contributed by atoms with Gasteiger partial charge < -0.3 is 14.9 Å². The van der Waals surface area contributed by atoms with Crippen LogP contribution in [0.25, 0.3) is 0 Å². The zero-order chi connectivity index (χ0) is 13.5. The lowest BCUT2D eigenvalue weighted by molar-refractivity contribution is -0.156. The molecule has 0 aromatic heterocycles. The van der Waals surface area contributed by atoms with Crippen molar-refractivity contribution in [1.29, 1.82) is 0 Å². The Bertz CT molecular complexity index is 330. The Morgan fingerprint density at radius 3 is 2.17 bits per heavy atom. The van der Waals surface area contributed by atoms with Crippen LogP contribution in [-0.2, 0) is 14.4 Å². The number of carboxylic acid groups (broad SMARTS) is 1. The predicted octanol–water partition coefficient (Wildman–Crippen LogP) is 0.322. The summed E-state index contributed by atoms with van der Waals surface area (Å²) in [4.78, 5) is 36.9. The van der Waals surface area contributed by atoms with Gasteiger partial charge in [-0.3, -0.25) is 14.4 Å². The molecule has 1 fully saturated rings. The van der Waals surface area contributed by atoms with Crippen LogP contribution in [0, 0.1) is 0 Å². The average Bonchev–Trinajstić information content (AvgIpc) is 2.33. The molecule has 102 valence electrons. The standard InChI is InChI=1S/C12H20N2O4/c1-2-6-13-8-9-14(12(18)11(13)17)7-4-3-5-10(15)16/h2-9H2,1H3,(H,15,16). The van der Waals surface area contributed by atoms with E-state index in [0.29, 0.717) is 39.0 Å². The smallest absolute Gasteiger partial charge is 0.312 e. The van der Waals surface area contributed by atoms with Crippen molar-refractivity contribution < 1.29 is 19.5 Å². The number of hydrogen-bond acceptors (Lipinski definition) is 3. The minimum Gasteiger partial charge on any atom is -0.481 e. The van der Waals surface area contributed by atoms with Crippen molar-refractivity contribution >= 4 is 17.8 Å². The molecule has 18 heavy (non-hydrogen) atoms. The molecule has 1 aliphatic rings. The molecule has 1 aliphatic heterocycles. The van der Waals surface area contributed by atoms with Crippen LogP contribution in [0.2, 0.25) is 0 Å². The van der Waals surface area contributed by atoms with Gasteiger partial charge in [-0.05, 0) is 19.3 Å². The van der Waals surface area contributed by atoms with E-state index in [-0.39, 0.29) is 6.42 Å². The predicted molar refractivity (Wildman–Crippen MR) is 64.9 cm³/mol. The van der Waals surface area contributed by atoms with Gasteiger partial charge in [0.2, 0.25) is 0 Å². The molecule has 0 unspecified atom stereocenters. The number of piperazine rings is 1. The van der Waals surface area contributed by atoms with E-state index < -0.39 is 17.8 Å². The SMILES string of the molecule is CCCN1CCN(CCCCC(=O)O)C(=O)C1=O. The van der Waals surface area contributed by atoms with Crippen LogP contribution in [0.5, 0.6) is 0 Å². The molecule has 0 aromatic carbocycles. The molecule has 0 radical (unpaired) electrons. The highest BCUT2D eigenvalue weighted by molar-refractivity contribution is 6.35. The number of unbranched alkanes of at least 4 members (excludes halogenated alkanes) is 1. The second-order valence-electron chi connectivity index (χ2n) is 4.44. The molecule has 0 aliphatic carbocycles. The monoisotopic (exact) mass is 256 g/mol. The maximum absolute atomic E-state index is 11.8. The summed E-state index contributed by atoms with van der Waals surface area (Å²) < 4.78 is 0. The summed E-state index contributed by atoms with van der Waals surface area (Å²) in [7, 11) is 0. The number of aliphatic carboxylic acids is 1. The molecule has 2 amide bonds. The van der Waals surface area contributed by atoms with Crippen LogP contribution in [0.3, 0.4) is 0 Å². The van der Waals surface area contributed by atoms with Crippen LogP contribution < -0.4 is 0 Å². The highest BCUT2D eigenvalue weighted by Crippen LogP contribution is 2.08. The van der Waals surface area contributed by atoms with Crippen LogP contribution in [0.4, 0.5) is 0 Å². The van der Waals surface area contributed by atoms with Crippen molar-refractivity contribution in [2.75, 3.05) is 26.2 Å². The Balaban J connectivity index is 2.34. The van der Waals surface area contributed by atoms with Gasteiger partial charge in [-0.15, -0.1) is 0 Å². The van der Waals surface area contributed by atoms with E-state index in [1.165, 1.54) is 4.90 Å². The topological polar surface area (TPSA) is 77.9 Å². The summed E-state index contributed by atoms with van der Waals surface area (Å²) in [5.41, 5.74) is 0. The molecule has 6 nitrogen and oxygen atoms in total. The zero-order valence-corrected chi connectivity index (χ0v) is 10.7. The molecule has 0 saturated carbocycles. The summed E-state index contributed by atoms with van der Waals surface area (Å²) >= 11 is 0. The Hall–Kier alpha value is -1.59. The summed E-state index contributed by atoms with van der Waals surface area (Å²) in [5.74, 6) is -1.71. The van der Waals surface area contributed by atoms with E-state index in [0.717, 1.165) is 6.42 Å². The molecule has 6 heteroatoms. The first-order valence-electron chi connectivity index (χ1n) is 6.36. The maximum atomic E-state index is 11.8. The van der Waals surface area contributed by atoms with E-state index in [1.54, 1.807) is 4.90 Å². The number of rotatable bonds is 7. The molecule has 0 atom stereocenters. The van der Waals surface area contributed by atoms with E-state index in [4.69, 9.17) is 5.11 Å². The van der Waals surface area contributed by atoms with E-state index >= 15 is 0 Å². The van der Waals surface area contributed by atoms with Gasteiger partial charge in [-0.2, -0.15) is 0 Å². The second kappa shape index (κ2) is 6.98. The molecule has 1 N–H and O–H groups in total. The summed E-state index contributed by atoms with van der Waals surface area (Å²) in [6.07, 6.45) is 2.11. The van der Waals surface area contributed by atoms with Gasteiger partial charge in [0.25, 0.3) is 0 Å². The lowest BCUT2D eigenvalue weighted by Crippen LogP contribution is -2.54. The molecule has 0 aromatic rings. The van der Waals surface area contributed by atoms with Gasteiger partial charge >= 0.3 is 17.8 Å². The fourth-order valence-corrected chi connectivity index (χ4v) is 1.99. The fourth-order valence-electron chi connectivity index (χ4n) is 1.99. The number of nitrogens with zero attached hydrogens (tertiary/aromatic N) is 2. The lowest BCUT2D eigenvalue weighted by Gasteiger charge is -2.33. The van der Waals surface area contributed by atoms with Crippen molar-refractivity contribution in [3.8, 4) is 0 Å². The number of carboxylic acids is 1. The number of carbonyl (C=O) groups is 3. The minimum absolute atomic E-state index is 0.109. The van der Waals surface area contributed by atoms with Crippen LogP contribution in [-0.4, -0.2) is 58.9 Å². The Morgan fingerprint density at radius 2 is 1.67 bits per heavy atom. The molecular formula is C12H20N2O4. The zero-order valence-electron chi connectivity index (χ0n) is 10.7. The van der Waals surface area contributed by atoms with E-state index in [1.807, 2.05) is 6.92 Å². The van der Waals surface area contributed by atoms with Gasteiger partial charge in [-0.1, -0.05) is 6.92 Å². The quantitative estimate of drug-likeness (QED) is 0.525. The Morgan fingerprint density at radius 1 is 1.11 bits per heavy atom. The third-order valence-corrected chi connectivity index (χ3v) is 2.96. The normalized spacial score (nSPS) is 16.3. The van der Waals surface area contributed by atoms with Crippen LogP contribution in [0.15, 0.2) is 0 Å². The van der Waals surface area contributed by atoms with Gasteiger partial charge in [0, 0.05) is 32.6 Å². The van der Waals surface area contributed by atoms with Gasteiger partial charge in [0.05, 0.1) is 0 Å². The third kappa shape index (κ3) is 4.01. The second-order valence-corrected chi connectivity index (χ2v) is 4.44. The van der Waals surface area contributed by atoms with Gasteiger partial charge in [0.1, 0.15) is 0 Å². The lowest BCUT2D eigenvalue weighted by atomic mass is 10.2. The molecule has 1 rings (SSSR count). The highest BCUT2D eigenvalue weighted by atomic mass is 16.4. The highest BCUT2D eigenvalue weighted by Gasteiger charge is 2.31. The Labute approximate surface area is 107 Å². The van der Waals surface area contributed by atoms with E-state index in [9.17, 15) is 14.4 Å². The molecular weight excluding hydrogens is 236 g/mol. The average molecular weight is 256 g/mol. The minimum atomic E-state index is -0.829. The van der Waals surface area contributed by atoms with Crippen molar-refractivity contribution in [1.82, 2.24) is 9.80 Å². The fraction of sp³-hybridized carbons (Fsp3) is 0.750.